The topological polar surface area (TPSA) is 618 Å². The first-order valence-corrected chi connectivity index (χ1v) is 58.1. The summed E-state index contributed by atoms with van der Waals surface area (Å²) in [5.41, 5.74) is 9.18. The van der Waals surface area contributed by atoms with Gasteiger partial charge in [-0.25, -0.2) is 57.6 Å². The number of fused-ring (bicyclic) bond motifs is 2. The first-order valence-electron chi connectivity index (χ1n) is 47.3. The Kier molecular flexibility index (Phi) is 41.5. The fourth-order valence-electron chi connectivity index (χ4n) is 16.3. The molecule has 6 aliphatic rings. The number of aromatic nitrogens is 10. The SMILES string of the molecule is CC(C)OC(=O)C(C)NP(=O)(OC[C@H]1O[C@@H](n2cc(F)c3c(N)ncnc32)[C@](C)(Cl)[C@@H]1O)Oc1ccccc1.CC(C)OC(=O)[C@@H](C)NP(=O)(OC[C@H]1O[C@@H](n2cc(F)c3c(N)ncnc32)[C@](C)(Cl)[C@@H]1O)Oc1ccccc1.CC(C)OC(=O)[C@H](C)N[P@@](=O)(OC[C@H]1O[C@@H](n2ccc(=O)[nH]c2=O)[C@](C)(Cl)[C@@H]1O)SC1CCCC1.CC(C)OC(=O)[C@H](C)N[P@](=O)(OC[C@H]1O[C@@H](n2ccc(=O)[nH]c2=O)[C@](C)(Cl)[C@@H]1O)SC1CCCC1. The van der Waals surface area contributed by atoms with Crippen LogP contribution in [0.2, 0.25) is 0 Å². The third-order valence-electron chi connectivity index (χ3n) is 23.7. The number of ether oxygens (including phenoxy) is 8. The zero-order valence-electron chi connectivity index (χ0n) is 83.6. The summed E-state index contributed by atoms with van der Waals surface area (Å²) in [6.07, 6.45) is -0.965. The van der Waals surface area contributed by atoms with Gasteiger partial charge in [-0.1, -0.05) is 84.8 Å². The molecule has 820 valence electrons. The summed E-state index contributed by atoms with van der Waals surface area (Å²) in [7, 11) is -8.48. The van der Waals surface area contributed by atoms with Gasteiger partial charge >= 0.3 is 64.2 Å². The van der Waals surface area contributed by atoms with Crippen LogP contribution < -0.4 is 63.4 Å². The van der Waals surface area contributed by atoms with E-state index in [-0.39, 0.29) is 81.1 Å². The second kappa shape index (κ2) is 51.0. The van der Waals surface area contributed by atoms with Crippen molar-refractivity contribution in [1.82, 2.24) is 68.5 Å². The molecule has 8 aromatic rings. The molecule has 0 spiro atoms. The van der Waals surface area contributed by atoms with E-state index in [0.717, 1.165) is 108 Å². The first-order chi connectivity index (χ1) is 69.3. The van der Waals surface area contributed by atoms with E-state index >= 15 is 0 Å². The number of rotatable bonds is 40. The molecule has 2 saturated carbocycles. The molecule has 148 heavy (non-hydrogen) atoms. The monoisotopic (exact) mass is 2280 g/mol. The van der Waals surface area contributed by atoms with Gasteiger partial charge in [0.2, 0.25) is 0 Å². The Morgan fingerprint density at radius 3 is 0.986 bits per heavy atom. The number of carbonyl (C=O) groups is 4. The number of anilines is 2. The lowest BCUT2D eigenvalue weighted by molar-refractivity contribution is -0.150. The maximum Gasteiger partial charge on any atom is 0.459 e. The predicted molar refractivity (Wildman–Crippen MR) is 547 cm³/mol. The minimum absolute atomic E-state index is 0.0185. The zero-order chi connectivity index (χ0) is 109. The molecule has 14 N–H and O–H groups in total. The van der Waals surface area contributed by atoms with Crippen molar-refractivity contribution in [2.75, 3.05) is 37.9 Å². The van der Waals surface area contributed by atoms with E-state index in [4.69, 9.17) is 123 Å². The average Bonchev–Trinajstić information content (AvgIpc) is 1.59. The molecule has 2 aromatic carbocycles. The maximum atomic E-state index is 14.7. The molecule has 0 amide bonds. The third kappa shape index (κ3) is 30.4. The van der Waals surface area contributed by atoms with Crippen LogP contribution in [0.1, 0.15) is 187 Å². The fourth-order valence-corrected chi connectivity index (χ4v) is 30.3. The number of aliphatic hydroxyl groups is 4. The number of nitrogen functional groups attached to an aromatic ring is 2. The van der Waals surface area contributed by atoms with Gasteiger partial charge in [0.1, 0.15) is 128 Å². The Labute approximate surface area is 877 Å². The van der Waals surface area contributed by atoms with Gasteiger partial charge in [-0.2, -0.15) is 10.2 Å². The lowest BCUT2D eigenvalue weighted by Gasteiger charge is -2.27. The molecule has 10 heterocycles. The van der Waals surface area contributed by atoms with Crippen LogP contribution >= 0.6 is 98.1 Å². The van der Waals surface area contributed by atoms with E-state index in [1.54, 1.807) is 130 Å². The van der Waals surface area contributed by atoms with Gasteiger partial charge in [0.05, 0.1) is 61.6 Å². The largest absolute Gasteiger partial charge is 0.462 e. The highest BCUT2D eigenvalue weighted by Gasteiger charge is 2.59. The van der Waals surface area contributed by atoms with Crippen LogP contribution in [0.25, 0.3) is 22.1 Å². The quantitative estimate of drug-likeness (QED) is 0.00734. The van der Waals surface area contributed by atoms with Crippen LogP contribution in [0.5, 0.6) is 11.5 Å². The number of carbonyl (C=O) groups excluding carboxylic acids is 4. The summed E-state index contributed by atoms with van der Waals surface area (Å²) in [6.45, 7) is 16.8. The Hall–Kier alpha value is -7.88. The highest BCUT2D eigenvalue weighted by atomic mass is 35.5. The van der Waals surface area contributed by atoms with Crippen molar-refractivity contribution < 1.29 is 132 Å². The van der Waals surface area contributed by atoms with Gasteiger partial charge in [0, 0.05) is 47.4 Å². The molecule has 6 aromatic heterocycles. The van der Waals surface area contributed by atoms with Crippen molar-refractivity contribution in [3.05, 3.63) is 164 Å². The number of aromatic amines is 2. The van der Waals surface area contributed by atoms with Gasteiger partial charge in [-0.15, -0.1) is 46.4 Å². The molecule has 4 saturated heterocycles. The van der Waals surface area contributed by atoms with Crippen molar-refractivity contribution in [2.24, 2.45) is 0 Å². The van der Waals surface area contributed by atoms with Crippen LogP contribution in [-0.2, 0) is 93.4 Å². The van der Waals surface area contributed by atoms with Gasteiger partial charge in [-0.3, -0.25) is 66.0 Å². The van der Waals surface area contributed by atoms with Gasteiger partial charge < -0.3 is 97.0 Å². The van der Waals surface area contributed by atoms with Gasteiger partial charge in [-0.05, 0) is 161 Å². The molecule has 58 heteroatoms. The number of para-hydroxylation sites is 2. The lowest BCUT2D eigenvalue weighted by atomic mass is 10.0. The standard InChI is InChI=1S/2C24H30ClFN5O7P.2C21H33ClN3O8PS/c2*1-13(2)36-22(33)14(3)30-39(34,38-15-8-6-5-7-9-15)35-11-17-19(32)24(4,25)23(37-17)31-10-16(26)18-20(27)28-12-29-21(18)31;2*1-12(2)32-18(28)13(3)24-34(30,35-14-7-5-6-8-14)31-11-15-17(27)21(4,22)19(33-15)25-10-9-16(26)23-20(25)29/h2*5-10,12-14,17,19,23,32H,11H2,1-4H3,(H,30,34)(H2,27,28,29);2*9-10,12-15,17,19,27H,5-8,11H2,1-4H3,(H,24,30)(H,23,26,29)/t14?,17-,19-,23-,24-,39?;14-,17-,19-,23-,24-,39?;13-,15+,17+,19+,21+,34+;13-,15+,17+,19+,21+,34-/m1100/s1. The zero-order valence-corrected chi connectivity index (χ0v) is 91.8. The molecule has 2 aliphatic carbocycles. The number of H-pyrrole nitrogens is 2. The van der Waals surface area contributed by atoms with Crippen molar-refractivity contribution in [3.63, 3.8) is 0 Å². The van der Waals surface area contributed by atoms with Crippen LogP contribution in [-0.4, -0.2) is 246 Å². The normalized spacial score (nSPS) is 27.6. The number of nitrogens with two attached hydrogens (primary N) is 2. The molecule has 46 nitrogen and oxygen atoms in total. The molecule has 4 aliphatic heterocycles. The number of nitrogens with one attached hydrogen (secondary N) is 6. The van der Waals surface area contributed by atoms with E-state index in [2.05, 4.69) is 50.3 Å². The van der Waals surface area contributed by atoms with E-state index in [9.17, 15) is 85.8 Å². The van der Waals surface area contributed by atoms with E-state index in [1.165, 1.54) is 75.7 Å². The highest BCUT2D eigenvalue weighted by molar-refractivity contribution is 8.56. The molecule has 14 rings (SSSR count). The predicted octanol–water partition coefficient (Wildman–Crippen LogP) is 12.1. The van der Waals surface area contributed by atoms with E-state index in [1.807, 2.05) is 0 Å². The Morgan fingerprint density at radius 2 is 0.709 bits per heavy atom. The number of esters is 4. The molecular formula is C90H126Cl4F2N16O30P4S2. The van der Waals surface area contributed by atoms with Crippen LogP contribution in [0.4, 0.5) is 20.4 Å². The summed E-state index contributed by atoms with van der Waals surface area (Å²) in [4.78, 5) is 111. The third-order valence-corrected chi connectivity index (χ3v) is 37.9. The number of alkyl halides is 4. The Balaban J connectivity index is 0.000000188. The molecule has 0 radical (unpaired) electrons. The minimum atomic E-state index is -4.24. The minimum Gasteiger partial charge on any atom is -0.462 e. The molecular weight excluding hydrogens is 2150 g/mol. The number of aliphatic hydroxyl groups excluding tert-OH is 4. The molecule has 0 bridgehead atoms. The first kappa shape index (κ1) is 120. The summed E-state index contributed by atoms with van der Waals surface area (Å²) >= 11 is 28.8. The van der Waals surface area contributed by atoms with Crippen molar-refractivity contribution >= 4 is 156 Å². The fraction of sp³-hybridized carbons (Fsp3) is 0.600. The van der Waals surface area contributed by atoms with Crippen LogP contribution in [0.3, 0.4) is 0 Å². The maximum absolute atomic E-state index is 14.7. The lowest BCUT2D eigenvalue weighted by Crippen LogP contribution is -2.43. The second-order valence-electron chi connectivity index (χ2n) is 37.6. The van der Waals surface area contributed by atoms with Gasteiger partial charge in [0.15, 0.2) is 47.8 Å². The molecule has 3 unspecified atom stereocenters. The summed E-state index contributed by atoms with van der Waals surface area (Å²) in [5.74, 6) is -3.56. The van der Waals surface area contributed by atoms with E-state index in [0.29, 0.717) is 0 Å². The van der Waals surface area contributed by atoms with Gasteiger partial charge in [0.25, 0.3) is 11.1 Å². The number of nitrogens with zero attached hydrogens (tertiary/aromatic N) is 8. The smallest absolute Gasteiger partial charge is 0.459 e. The van der Waals surface area contributed by atoms with Crippen LogP contribution in [0, 0.1) is 11.6 Å². The summed E-state index contributed by atoms with van der Waals surface area (Å²) in [6, 6.07) is 14.7. The van der Waals surface area contributed by atoms with Crippen molar-refractivity contribution in [3.8, 4) is 11.5 Å². The molecule has 6 fully saturated rings. The van der Waals surface area contributed by atoms with Crippen molar-refractivity contribution in [1.29, 1.82) is 0 Å². The number of halogens is 6. The second-order valence-corrected chi connectivity index (χ2v) is 53.1. The number of benzene rings is 2. The Bertz CT molecular complexity index is 5980. The summed E-state index contributed by atoms with van der Waals surface area (Å²) in [5, 5.41) is 54.6. The highest BCUT2D eigenvalue weighted by Crippen LogP contribution is 2.63. The number of hydrogen-bond donors (Lipinski definition) is 12. The number of hydrogen-bond acceptors (Lipinski definition) is 38. The Morgan fingerprint density at radius 1 is 0.439 bits per heavy atom. The van der Waals surface area contributed by atoms with Crippen LogP contribution in [0.15, 0.2) is 129 Å². The molecule has 24 atom stereocenters. The summed E-state index contributed by atoms with van der Waals surface area (Å²) < 4.78 is 168. The average molecular weight is 2280 g/mol. The van der Waals surface area contributed by atoms with Crippen molar-refractivity contribution in [2.45, 2.75) is 314 Å². The van der Waals surface area contributed by atoms with E-state index < -0.39 is 230 Å².